The van der Waals surface area contributed by atoms with Gasteiger partial charge >= 0.3 is 0 Å². The molecule has 3 fully saturated rings. The van der Waals surface area contributed by atoms with Crippen LogP contribution in [0.15, 0.2) is 0 Å². The van der Waals surface area contributed by atoms with Gasteiger partial charge in [0.05, 0.1) is 5.41 Å². The zero-order chi connectivity index (χ0) is 15.7. The minimum Gasteiger partial charge on any atom is -0.342 e. The van der Waals surface area contributed by atoms with E-state index in [0.29, 0.717) is 23.9 Å². The minimum absolute atomic E-state index is 0. The van der Waals surface area contributed by atoms with Gasteiger partial charge in [0.15, 0.2) is 0 Å². The van der Waals surface area contributed by atoms with Crippen molar-refractivity contribution < 1.29 is 4.79 Å². The van der Waals surface area contributed by atoms with Crippen molar-refractivity contribution in [3.8, 4) is 0 Å². The number of halogens is 2. The maximum Gasteiger partial charge on any atom is 0.230 e. The molecule has 0 aromatic heterocycles. The van der Waals surface area contributed by atoms with Crippen molar-refractivity contribution in [3.63, 3.8) is 0 Å². The average molecular weight is 380 g/mol. The topological polar surface area (TPSA) is 35.6 Å². The predicted molar refractivity (Wildman–Crippen MR) is 104 cm³/mol. The Labute approximate surface area is 159 Å². The molecule has 0 spiro atoms. The fraction of sp³-hybridized carbons (Fsp3) is 0.944. The Morgan fingerprint density at radius 1 is 1.17 bits per heavy atom. The second-order valence-corrected chi connectivity index (χ2v) is 8.01. The molecule has 2 heterocycles. The Kier molecular flexibility index (Phi) is 8.32. The number of carbonyl (C=O) groups excluding carboxylic acids is 1. The van der Waals surface area contributed by atoms with Gasteiger partial charge in [-0.2, -0.15) is 0 Å². The highest BCUT2D eigenvalue weighted by Gasteiger charge is 2.51. The molecule has 0 bridgehead atoms. The second kappa shape index (κ2) is 9.07. The van der Waals surface area contributed by atoms with Gasteiger partial charge in [-0.3, -0.25) is 4.79 Å². The van der Waals surface area contributed by atoms with Crippen LogP contribution >= 0.6 is 24.8 Å². The zero-order valence-electron chi connectivity index (χ0n) is 15.4. The molecule has 1 amide bonds. The van der Waals surface area contributed by atoms with Crippen LogP contribution in [0.4, 0.5) is 0 Å². The predicted octanol–water partition coefficient (Wildman–Crippen LogP) is 2.94. The van der Waals surface area contributed by atoms with Crippen LogP contribution in [-0.2, 0) is 4.79 Å². The van der Waals surface area contributed by atoms with Crippen molar-refractivity contribution in [1.82, 2.24) is 15.1 Å². The summed E-state index contributed by atoms with van der Waals surface area (Å²) in [4.78, 5) is 18.0. The molecule has 2 aliphatic heterocycles. The van der Waals surface area contributed by atoms with Crippen molar-refractivity contribution in [2.45, 2.75) is 64.5 Å². The van der Waals surface area contributed by atoms with E-state index in [-0.39, 0.29) is 30.2 Å². The molecule has 0 aromatic carbocycles. The molecule has 0 aromatic rings. The first kappa shape index (κ1) is 22.0. The Morgan fingerprint density at radius 2 is 1.83 bits per heavy atom. The summed E-state index contributed by atoms with van der Waals surface area (Å²) in [5.41, 5.74) is -0.0812. The lowest BCUT2D eigenvalue weighted by Crippen LogP contribution is -2.54. The van der Waals surface area contributed by atoms with Gasteiger partial charge in [0.25, 0.3) is 0 Å². The molecule has 2 saturated heterocycles. The van der Waals surface area contributed by atoms with E-state index in [1.54, 1.807) is 0 Å². The summed E-state index contributed by atoms with van der Waals surface area (Å²) in [7, 11) is 2.07. The molecule has 1 aliphatic carbocycles. The third-order valence-electron chi connectivity index (χ3n) is 6.56. The van der Waals surface area contributed by atoms with Gasteiger partial charge in [0, 0.05) is 38.8 Å². The number of rotatable bonds is 3. The molecular weight excluding hydrogens is 345 g/mol. The first-order chi connectivity index (χ1) is 10.5. The van der Waals surface area contributed by atoms with Gasteiger partial charge in [-0.05, 0) is 52.0 Å². The van der Waals surface area contributed by atoms with Crippen LogP contribution in [0.5, 0.6) is 0 Å². The lowest BCUT2D eigenvalue weighted by molar-refractivity contribution is -0.147. The quantitative estimate of drug-likeness (QED) is 0.818. The van der Waals surface area contributed by atoms with Gasteiger partial charge in [0.2, 0.25) is 5.91 Å². The summed E-state index contributed by atoms with van der Waals surface area (Å²) >= 11 is 0. The number of hydrogen-bond donors (Lipinski definition) is 1. The third-order valence-corrected chi connectivity index (χ3v) is 6.56. The number of carbonyl (C=O) groups is 1. The summed E-state index contributed by atoms with van der Waals surface area (Å²) in [6.45, 7) is 8.76. The average Bonchev–Trinajstić information content (AvgIpc) is 2.98. The van der Waals surface area contributed by atoms with E-state index in [2.05, 4.69) is 36.0 Å². The summed E-state index contributed by atoms with van der Waals surface area (Å²) < 4.78 is 0. The van der Waals surface area contributed by atoms with E-state index in [0.717, 1.165) is 45.4 Å². The largest absolute Gasteiger partial charge is 0.342 e. The summed E-state index contributed by atoms with van der Waals surface area (Å²) in [6.07, 6.45) is 7.13. The summed E-state index contributed by atoms with van der Waals surface area (Å²) in [5.74, 6) is 1.01. The first-order valence-corrected chi connectivity index (χ1v) is 9.26. The van der Waals surface area contributed by atoms with Crippen molar-refractivity contribution in [1.29, 1.82) is 0 Å². The highest BCUT2D eigenvalue weighted by Crippen LogP contribution is 2.45. The van der Waals surface area contributed by atoms with Crippen LogP contribution in [0.3, 0.4) is 0 Å². The molecule has 1 saturated carbocycles. The fourth-order valence-electron chi connectivity index (χ4n) is 4.97. The molecule has 24 heavy (non-hydrogen) atoms. The Balaban J connectivity index is 0.00000144. The summed E-state index contributed by atoms with van der Waals surface area (Å²) in [5, 5.41) is 3.51. The number of likely N-dealkylation sites (tertiary alicyclic amines) is 1. The van der Waals surface area contributed by atoms with E-state index in [1.165, 1.54) is 19.3 Å². The van der Waals surface area contributed by atoms with E-state index in [1.807, 2.05) is 0 Å². The van der Waals surface area contributed by atoms with Crippen LogP contribution in [0.25, 0.3) is 0 Å². The highest BCUT2D eigenvalue weighted by molar-refractivity contribution is 5.85. The van der Waals surface area contributed by atoms with Crippen LogP contribution in [0.2, 0.25) is 0 Å². The molecule has 1 N–H and O–H groups in total. The zero-order valence-corrected chi connectivity index (χ0v) is 17.1. The van der Waals surface area contributed by atoms with Gasteiger partial charge in [-0.1, -0.05) is 12.8 Å². The summed E-state index contributed by atoms with van der Waals surface area (Å²) in [6, 6.07) is 1.07. The molecule has 6 heteroatoms. The van der Waals surface area contributed by atoms with Crippen LogP contribution < -0.4 is 5.32 Å². The molecule has 3 rings (SSSR count). The number of hydrogen-bond acceptors (Lipinski definition) is 3. The Bertz CT molecular complexity index is 413. The van der Waals surface area contributed by atoms with Gasteiger partial charge < -0.3 is 15.1 Å². The third kappa shape index (κ3) is 4.03. The van der Waals surface area contributed by atoms with E-state index < -0.39 is 0 Å². The first-order valence-electron chi connectivity index (χ1n) is 9.26. The van der Waals surface area contributed by atoms with Gasteiger partial charge in [0.1, 0.15) is 0 Å². The molecule has 4 nitrogen and oxygen atoms in total. The number of fused-ring (bicyclic) bond motifs is 1. The minimum atomic E-state index is -0.0812. The molecule has 0 unspecified atom stereocenters. The highest BCUT2D eigenvalue weighted by atomic mass is 35.5. The van der Waals surface area contributed by atoms with E-state index in [9.17, 15) is 4.79 Å². The Hall–Kier alpha value is -0.0300. The lowest BCUT2D eigenvalue weighted by atomic mass is 9.67. The normalized spacial score (nSPS) is 31.1. The number of nitrogens with one attached hydrogen (secondary N) is 1. The van der Waals surface area contributed by atoms with Gasteiger partial charge in [-0.25, -0.2) is 0 Å². The second-order valence-electron chi connectivity index (χ2n) is 8.01. The number of amides is 1. The molecule has 142 valence electrons. The smallest absolute Gasteiger partial charge is 0.230 e. The molecule has 0 radical (unpaired) electrons. The van der Waals surface area contributed by atoms with E-state index in [4.69, 9.17) is 0 Å². The van der Waals surface area contributed by atoms with Crippen molar-refractivity contribution >= 4 is 30.7 Å². The molecule has 3 aliphatic rings. The molecular formula is C18H35Cl2N3O. The van der Waals surface area contributed by atoms with E-state index >= 15 is 0 Å². The van der Waals surface area contributed by atoms with Crippen molar-refractivity contribution in [2.24, 2.45) is 11.3 Å². The monoisotopic (exact) mass is 379 g/mol. The Morgan fingerprint density at radius 3 is 2.46 bits per heavy atom. The number of piperidine rings is 1. The SMILES string of the molecule is CC(C)N1CCC(N(C)C(=O)[C@@]23CCCC[C@H]2CNC3)CC1.Cl.Cl. The van der Waals surface area contributed by atoms with Crippen molar-refractivity contribution in [3.05, 3.63) is 0 Å². The maximum absolute atomic E-state index is 13.3. The van der Waals surface area contributed by atoms with Crippen LogP contribution in [-0.4, -0.2) is 61.0 Å². The van der Waals surface area contributed by atoms with Crippen LogP contribution in [0, 0.1) is 11.3 Å². The number of nitrogens with zero attached hydrogens (tertiary/aromatic N) is 2. The molecule has 2 atom stereocenters. The van der Waals surface area contributed by atoms with Crippen LogP contribution in [0.1, 0.15) is 52.4 Å². The maximum atomic E-state index is 13.3. The standard InChI is InChI=1S/C18H33N3O.2ClH/c1-14(2)21-10-7-16(8-11-21)20(3)17(22)18-9-5-4-6-15(18)12-19-13-18;;/h14-16,19H,4-13H2,1-3H3;2*1H/t15-,18+;;/m0../s1. The fourth-order valence-corrected chi connectivity index (χ4v) is 4.97. The lowest BCUT2D eigenvalue weighted by Gasteiger charge is -2.44. The van der Waals surface area contributed by atoms with Crippen molar-refractivity contribution in [2.75, 3.05) is 33.2 Å². The van der Waals surface area contributed by atoms with Gasteiger partial charge in [-0.15, -0.1) is 24.8 Å².